The Labute approximate surface area is 185 Å². The van der Waals surface area contributed by atoms with E-state index in [1.54, 1.807) is 6.20 Å². The molecule has 0 aromatic carbocycles. The maximum Gasteiger partial charge on any atom is 0.0945 e. The summed E-state index contributed by atoms with van der Waals surface area (Å²) in [5.74, 6) is 0.875. The van der Waals surface area contributed by atoms with Crippen LogP contribution in [0.1, 0.15) is 65.2 Å². The summed E-state index contributed by atoms with van der Waals surface area (Å²) in [7, 11) is 0. The summed E-state index contributed by atoms with van der Waals surface area (Å²) in [5.41, 5.74) is 7.17. The number of aryl methyl sites for hydroxylation is 1. The fourth-order valence-electron chi connectivity index (χ4n) is 7.09. The van der Waals surface area contributed by atoms with Gasteiger partial charge in [-0.15, -0.1) is 0 Å². The molecule has 6 atom stereocenters. The Morgan fingerprint density at radius 2 is 2.10 bits per heavy atom. The number of aromatic nitrogens is 2. The molecule has 0 bridgehead atoms. The lowest BCUT2D eigenvalue weighted by molar-refractivity contribution is -0.0526. The van der Waals surface area contributed by atoms with Crippen molar-refractivity contribution in [2.24, 2.45) is 22.7 Å². The monoisotopic (exact) mass is 427 g/mol. The van der Waals surface area contributed by atoms with Crippen LogP contribution < -0.4 is 5.48 Å². The second-order valence-electron chi connectivity index (χ2n) is 10.7. The van der Waals surface area contributed by atoms with E-state index in [1.165, 1.54) is 36.8 Å². The van der Waals surface area contributed by atoms with Crippen LogP contribution in [0.2, 0.25) is 0 Å². The predicted molar refractivity (Wildman–Crippen MR) is 119 cm³/mol. The second-order valence-corrected chi connectivity index (χ2v) is 10.7. The average molecular weight is 428 g/mol. The Bertz CT molecular complexity index is 863. The highest BCUT2D eigenvalue weighted by atomic mass is 16.6. The van der Waals surface area contributed by atoms with Gasteiger partial charge in [-0.3, -0.25) is 10.3 Å². The van der Waals surface area contributed by atoms with Gasteiger partial charge in [0.15, 0.2) is 0 Å². The van der Waals surface area contributed by atoms with E-state index in [0.29, 0.717) is 36.7 Å². The number of nitrogens with one attached hydrogen (secondary N) is 1. The number of hydrogen-bond donors (Lipinski definition) is 3. The van der Waals surface area contributed by atoms with Crippen LogP contribution in [0.4, 0.5) is 0 Å². The van der Waals surface area contributed by atoms with Crippen molar-refractivity contribution in [3.8, 4) is 0 Å². The molecule has 0 amide bonds. The highest BCUT2D eigenvalue weighted by Gasteiger charge is 2.57. The number of hydroxylamine groups is 1. The van der Waals surface area contributed by atoms with Crippen LogP contribution in [0.3, 0.4) is 0 Å². The van der Waals surface area contributed by atoms with Crippen molar-refractivity contribution in [3.05, 3.63) is 41.6 Å². The van der Waals surface area contributed by atoms with Crippen LogP contribution in [0, 0.1) is 22.7 Å². The van der Waals surface area contributed by atoms with Crippen molar-refractivity contribution in [2.75, 3.05) is 6.61 Å². The minimum absolute atomic E-state index is 0.273. The number of aliphatic hydroxyl groups excluding tert-OH is 2. The van der Waals surface area contributed by atoms with E-state index >= 15 is 0 Å². The largest absolute Gasteiger partial charge is 0.393 e. The number of fused-ring (bicyclic) bond motifs is 5. The first-order chi connectivity index (χ1) is 14.9. The Morgan fingerprint density at radius 3 is 2.90 bits per heavy atom. The topological polar surface area (TPSA) is 79.5 Å². The maximum atomic E-state index is 11.1. The minimum atomic E-state index is -0.495. The molecule has 0 unspecified atom stereocenters. The van der Waals surface area contributed by atoms with Crippen LogP contribution in [-0.2, 0) is 11.4 Å². The molecule has 31 heavy (non-hydrogen) atoms. The summed E-state index contributed by atoms with van der Waals surface area (Å²) in [4.78, 5) is 10.0. The Balaban J connectivity index is 1.40. The standard InChI is InChI=1S/C25H37N3O3/c1-24-7-3-5-19(24)23-20(6-8-24)25(2)17(13-18(29)15-22(25)30)14-21(23)27-31-12-4-10-28-11-9-26-16-28/h9,11,14,16,18-20,22,27,29-30H,3-8,10,12-13,15H2,1-2H3/t18-,19+,20+,22-,24+,25+/m1/s1. The van der Waals surface area contributed by atoms with Gasteiger partial charge in [0.25, 0.3) is 0 Å². The Kier molecular flexibility index (Phi) is 5.51. The van der Waals surface area contributed by atoms with Crippen molar-refractivity contribution in [3.63, 3.8) is 0 Å². The fourth-order valence-corrected chi connectivity index (χ4v) is 7.09. The highest BCUT2D eigenvalue weighted by Crippen LogP contribution is 2.64. The first kappa shape index (κ1) is 21.2. The molecule has 5 rings (SSSR count). The van der Waals surface area contributed by atoms with Gasteiger partial charge in [-0.25, -0.2) is 4.98 Å². The third kappa shape index (κ3) is 3.57. The van der Waals surface area contributed by atoms with Gasteiger partial charge in [0.1, 0.15) is 0 Å². The van der Waals surface area contributed by atoms with Crippen LogP contribution in [0.15, 0.2) is 41.6 Å². The van der Waals surface area contributed by atoms with Gasteiger partial charge in [0, 0.05) is 30.8 Å². The molecule has 0 aliphatic heterocycles. The molecule has 4 aliphatic rings. The first-order valence-electron chi connectivity index (χ1n) is 12.1. The number of hydrogen-bond acceptors (Lipinski definition) is 5. The molecule has 170 valence electrons. The molecular weight excluding hydrogens is 390 g/mol. The van der Waals surface area contributed by atoms with E-state index in [4.69, 9.17) is 4.84 Å². The predicted octanol–water partition coefficient (Wildman–Crippen LogP) is 3.73. The number of allylic oxidation sites excluding steroid dienone is 2. The van der Waals surface area contributed by atoms with Crippen LogP contribution in [0.5, 0.6) is 0 Å². The molecule has 1 aromatic rings. The molecule has 6 heteroatoms. The van der Waals surface area contributed by atoms with Gasteiger partial charge in [-0.1, -0.05) is 25.8 Å². The smallest absolute Gasteiger partial charge is 0.0945 e. The summed E-state index contributed by atoms with van der Waals surface area (Å²) in [5, 5.41) is 21.5. The summed E-state index contributed by atoms with van der Waals surface area (Å²) in [6.07, 6.45) is 15.0. The number of nitrogens with zero attached hydrogens (tertiary/aromatic N) is 2. The molecular formula is C25H37N3O3. The van der Waals surface area contributed by atoms with Gasteiger partial charge in [0.05, 0.1) is 30.8 Å². The van der Waals surface area contributed by atoms with Gasteiger partial charge in [-0.05, 0) is 67.4 Å². The summed E-state index contributed by atoms with van der Waals surface area (Å²) in [6.45, 7) is 6.20. The normalized spacial score (nSPS) is 39.5. The Hall–Kier alpha value is -1.63. The third-order valence-electron chi connectivity index (χ3n) is 8.93. The van der Waals surface area contributed by atoms with Crippen molar-refractivity contribution < 1.29 is 15.1 Å². The van der Waals surface area contributed by atoms with Gasteiger partial charge in [-0.2, -0.15) is 0 Å². The van der Waals surface area contributed by atoms with Gasteiger partial charge < -0.3 is 14.8 Å². The van der Waals surface area contributed by atoms with Crippen molar-refractivity contribution in [2.45, 2.75) is 84.0 Å². The summed E-state index contributed by atoms with van der Waals surface area (Å²) >= 11 is 0. The van der Waals surface area contributed by atoms with E-state index in [0.717, 1.165) is 25.1 Å². The molecule has 6 nitrogen and oxygen atoms in total. The maximum absolute atomic E-state index is 11.1. The number of rotatable bonds is 6. The van der Waals surface area contributed by atoms with E-state index in [1.807, 2.05) is 12.5 Å². The Morgan fingerprint density at radius 1 is 1.23 bits per heavy atom. The van der Waals surface area contributed by atoms with E-state index in [2.05, 4.69) is 35.0 Å². The van der Waals surface area contributed by atoms with Crippen molar-refractivity contribution >= 4 is 0 Å². The third-order valence-corrected chi connectivity index (χ3v) is 8.93. The van der Waals surface area contributed by atoms with Crippen LogP contribution in [0.25, 0.3) is 0 Å². The van der Waals surface area contributed by atoms with Gasteiger partial charge in [0.2, 0.25) is 0 Å². The number of imidazole rings is 1. The van der Waals surface area contributed by atoms with Gasteiger partial charge >= 0.3 is 0 Å². The zero-order valence-electron chi connectivity index (χ0n) is 18.9. The molecule has 0 spiro atoms. The molecule has 0 radical (unpaired) electrons. The molecule has 3 N–H and O–H groups in total. The second kappa shape index (κ2) is 8.05. The van der Waals surface area contributed by atoms with E-state index < -0.39 is 12.2 Å². The molecule has 4 aliphatic carbocycles. The zero-order chi connectivity index (χ0) is 21.6. The summed E-state index contributed by atoms with van der Waals surface area (Å²) in [6, 6.07) is 0. The SMILES string of the molecule is C[C@@]12CCC[C@H]1C1=C(NOCCCn3ccnc3)C=C3C[C@@H](O)C[C@@H](O)[C@]3(C)[C@H]1CC2. The first-order valence-corrected chi connectivity index (χ1v) is 12.1. The zero-order valence-corrected chi connectivity index (χ0v) is 18.9. The lowest BCUT2D eigenvalue weighted by Gasteiger charge is -2.56. The molecule has 3 saturated carbocycles. The minimum Gasteiger partial charge on any atom is -0.393 e. The summed E-state index contributed by atoms with van der Waals surface area (Å²) < 4.78 is 2.06. The molecule has 0 saturated heterocycles. The average Bonchev–Trinajstić information content (AvgIpc) is 3.38. The quantitative estimate of drug-likeness (QED) is 0.476. The highest BCUT2D eigenvalue weighted by molar-refractivity contribution is 5.44. The molecule has 1 aromatic heterocycles. The number of aliphatic hydroxyl groups is 2. The van der Waals surface area contributed by atoms with Crippen molar-refractivity contribution in [1.29, 1.82) is 0 Å². The fraction of sp³-hybridized carbons (Fsp3) is 0.720. The van der Waals surface area contributed by atoms with Crippen molar-refractivity contribution in [1.82, 2.24) is 15.0 Å². The lowest BCUT2D eigenvalue weighted by Crippen LogP contribution is -2.53. The van der Waals surface area contributed by atoms with E-state index in [-0.39, 0.29) is 5.41 Å². The van der Waals surface area contributed by atoms with Crippen LogP contribution in [-0.4, -0.2) is 38.6 Å². The lowest BCUT2D eigenvalue weighted by atomic mass is 9.50. The molecule has 3 fully saturated rings. The molecule has 1 heterocycles. The van der Waals surface area contributed by atoms with E-state index in [9.17, 15) is 10.2 Å². The van der Waals surface area contributed by atoms with Crippen LogP contribution >= 0.6 is 0 Å².